The molecule has 4 nitrogen and oxygen atoms in total. The van der Waals surface area contributed by atoms with Crippen LogP contribution in [0.5, 0.6) is 11.5 Å². The van der Waals surface area contributed by atoms with E-state index in [0.29, 0.717) is 11.5 Å². The largest absolute Gasteiger partial charge is 0.457 e. The third kappa shape index (κ3) is 2.02. The third-order valence-corrected chi connectivity index (χ3v) is 3.57. The number of fused-ring (bicyclic) bond motifs is 2. The molecule has 0 atom stereocenters. The Kier molecular flexibility index (Phi) is 2.69. The van der Waals surface area contributed by atoms with Crippen LogP contribution < -0.4 is 4.74 Å². The zero-order chi connectivity index (χ0) is 15.1. The Labute approximate surface area is 125 Å². The van der Waals surface area contributed by atoms with Crippen molar-refractivity contribution in [3.8, 4) is 11.5 Å². The second-order valence-electron chi connectivity index (χ2n) is 5.00. The zero-order valence-electron chi connectivity index (χ0n) is 11.4. The molecule has 22 heavy (non-hydrogen) atoms. The molecule has 3 aromatic rings. The van der Waals surface area contributed by atoms with Gasteiger partial charge in [0.1, 0.15) is 11.5 Å². The lowest BCUT2D eigenvalue weighted by atomic mass is 10.1. The van der Waals surface area contributed by atoms with E-state index in [4.69, 9.17) is 4.74 Å². The Morgan fingerprint density at radius 3 is 2.23 bits per heavy atom. The minimum atomic E-state index is -0.635. The number of esters is 2. The summed E-state index contributed by atoms with van der Waals surface area (Å²) < 4.78 is 10.3. The van der Waals surface area contributed by atoms with Gasteiger partial charge in [0.05, 0.1) is 11.1 Å². The molecule has 0 spiro atoms. The van der Waals surface area contributed by atoms with E-state index in [-0.39, 0.29) is 11.1 Å². The van der Waals surface area contributed by atoms with Gasteiger partial charge in [-0.3, -0.25) is 0 Å². The van der Waals surface area contributed by atoms with Gasteiger partial charge in [-0.25, -0.2) is 9.59 Å². The summed E-state index contributed by atoms with van der Waals surface area (Å²) >= 11 is 0. The molecule has 0 saturated carbocycles. The SMILES string of the molecule is O=C1OC(=O)c2cc(Oc3ccc4ccccc4c3)ccc21. The van der Waals surface area contributed by atoms with E-state index in [2.05, 4.69) is 4.74 Å². The first-order valence-corrected chi connectivity index (χ1v) is 6.78. The molecule has 1 heterocycles. The fraction of sp³-hybridized carbons (Fsp3) is 0. The molecular formula is C18H10O4. The normalized spacial score (nSPS) is 13.1. The molecule has 0 aliphatic carbocycles. The van der Waals surface area contributed by atoms with Crippen molar-refractivity contribution in [1.82, 2.24) is 0 Å². The Morgan fingerprint density at radius 1 is 0.682 bits per heavy atom. The van der Waals surface area contributed by atoms with E-state index < -0.39 is 11.9 Å². The van der Waals surface area contributed by atoms with Crippen LogP contribution in [0.25, 0.3) is 10.8 Å². The molecular weight excluding hydrogens is 280 g/mol. The predicted molar refractivity (Wildman–Crippen MR) is 80.2 cm³/mol. The maximum absolute atomic E-state index is 11.6. The summed E-state index contributed by atoms with van der Waals surface area (Å²) in [5.74, 6) is -0.0989. The first kappa shape index (κ1) is 12.6. The highest BCUT2D eigenvalue weighted by atomic mass is 16.6. The minimum absolute atomic E-state index is 0.239. The summed E-state index contributed by atoms with van der Waals surface area (Å²) in [5.41, 5.74) is 0.513. The molecule has 4 heteroatoms. The van der Waals surface area contributed by atoms with Crippen LogP contribution in [0, 0.1) is 0 Å². The number of hydrogen-bond acceptors (Lipinski definition) is 4. The summed E-state index contributed by atoms with van der Waals surface area (Å²) in [5, 5.41) is 2.19. The van der Waals surface area contributed by atoms with Crippen molar-refractivity contribution in [2.75, 3.05) is 0 Å². The molecule has 3 aromatic carbocycles. The summed E-state index contributed by atoms with van der Waals surface area (Å²) in [6, 6.07) is 18.4. The number of hydrogen-bond donors (Lipinski definition) is 0. The minimum Gasteiger partial charge on any atom is -0.457 e. The summed E-state index contributed by atoms with van der Waals surface area (Å²) in [6.07, 6.45) is 0. The maximum Gasteiger partial charge on any atom is 0.347 e. The molecule has 0 saturated heterocycles. The van der Waals surface area contributed by atoms with Crippen molar-refractivity contribution in [2.45, 2.75) is 0 Å². The monoisotopic (exact) mass is 290 g/mol. The number of carbonyl (C=O) groups is 2. The Hall–Kier alpha value is -3.14. The van der Waals surface area contributed by atoms with Crippen LogP contribution >= 0.6 is 0 Å². The van der Waals surface area contributed by atoms with Crippen molar-refractivity contribution in [3.05, 3.63) is 71.8 Å². The fourth-order valence-electron chi connectivity index (χ4n) is 2.49. The Bertz CT molecular complexity index is 927. The number of ether oxygens (including phenoxy) is 2. The van der Waals surface area contributed by atoms with Crippen molar-refractivity contribution in [1.29, 1.82) is 0 Å². The first-order valence-electron chi connectivity index (χ1n) is 6.78. The molecule has 0 N–H and O–H groups in total. The average molecular weight is 290 g/mol. The summed E-state index contributed by atoms with van der Waals surface area (Å²) in [6.45, 7) is 0. The molecule has 1 aliphatic rings. The van der Waals surface area contributed by atoms with E-state index in [9.17, 15) is 9.59 Å². The molecule has 0 fully saturated rings. The van der Waals surface area contributed by atoms with Crippen molar-refractivity contribution in [3.63, 3.8) is 0 Å². The van der Waals surface area contributed by atoms with E-state index in [1.807, 2.05) is 42.5 Å². The first-order chi connectivity index (χ1) is 10.7. The molecule has 0 amide bonds. The molecule has 0 bridgehead atoms. The highest BCUT2D eigenvalue weighted by Gasteiger charge is 2.29. The topological polar surface area (TPSA) is 52.6 Å². The lowest BCUT2D eigenvalue weighted by molar-refractivity contribution is 0.0443. The van der Waals surface area contributed by atoms with E-state index in [0.717, 1.165) is 10.8 Å². The van der Waals surface area contributed by atoms with Crippen LogP contribution in [-0.2, 0) is 4.74 Å². The number of rotatable bonds is 2. The molecule has 4 rings (SSSR count). The lowest BCUT2D eigenvalue weighted by Crippen LogP contribution is -1.96. The highest BCUT2D eigenvalue weighted by Crippen LogP contribution is 2.29. The fourth-order valence-corrected chi connectivity index (χ4v) is 2.49. The predicted octanol–water partition coefficient (Wildman–Crippen LogP) is 3.94. The van der Waals surface area contributed by atoms with Gasteiger partial charge in [0.15, 0.2) is 0 Å². The average Bonchev–Trinajstić information content (AvgIpc) is 2.82. The lowest BCUT2D eigenvalue weighted by Gasteiger charge is -2.07. The summed E-state index contributed by atoms with van der Waals surface area (Å²) in [7, 11) is 0. The molecule has 0 radical (unpaired) electrons. The van der Waals surface area contributed by atoms with E-state index in [1.165, 1.54) is 6.07 Å². The number of benzene rings is 3. The van der Waals surface area contributed by atoms with Crippen LogP contribution in [-0.4, -0.2) is 11.9 Å². The van der Waals surface area contributed by atoms with Gasteiger partial charge in [0.25, 0.3) is 0 Å². The zero-order valence-corrected chi connectivity index (χ0v) is 11.4. The van der Waals surface area contributed by atoms with Gasteiger partial charge in [-0.05, 0) is 41.1 Å². The summed E-state index contributed by atoms with van der Waals surface area (Å²) in [4.78, 5) is 23.0. The molecule has 0 unspecified atom stereocenters. The van der Waals surface area contributed by atoms with Gasteiger partial charge in [0.2, 0.25) is 0 Å². The van der Waals surface area contributed by atoms with E-state index in [1.54, 1.807) is 12.1 Å². The van der Waals surface area contributed by atoms with E-state index >= 15 is 0 Å². The van der Waals surface area contributed by atoms with Crippen LogP contribution in [0.2, 0.25) is 0 Å². The molecule has 106 valence electrons. The van der Waals surface area contributed by atoms with Crippen LogP contribution in [0.1, 0.15) is 20.7 Å². The Morgan fingerprint density at radius 2 is 1.36 bits per heavy atom. The van der Waals surface area contributed by atoms with Crippen molar-refractivity contribution >= 4 is 22.7 Å². The molecule has 1 aliphatic heterocycles. The standard InChI is InChI=1S/C18H10O4/c19-17-15-8-7-14(10-16(15)18(20)22-17)21-13-6-5-11-3-1-2-4-12(11)9-13/h1-10H. The second-order valence-corrected chi connectivity index (χ2v) is 5.00. The van der Waals surface area contributed by atoms with Crippen LogP contribution in [0.15, 0.2) is 60.7 Å². The number of cyclic esters (lactones) is 2. The second kappa shape index (κ2) is 4.70. The van der Waals surface area contributed by atoms with Gasteiger partial charge in [-0.15, -0.1) is 0 Å². The van der Waals surface area contributed by atoms with Gasteiger partial charge in [-0.1, -0.05) is 30.3 Å². The van der Waals surface area contributed by atoms with Gasteiger partial charge in [0, 0.05) is 0 Å². The van der Waals surface area contributed by atoms with Crippen molar-refractivity contribution < 1.29 is 19.1 Å². The smallest absolute Gasteiger partial charge is 0.347 e. The molecule has 0 aromatic heterocycles. The van der Waals surface area contributed by atoms with Gasteiger partial charge >= 0.3 is 11.9 Å². The highest BCUT2D eigenvalue weighted by molar-refractivity contribution is 6.14. The maximum atomic E-state index is 11.6. The van der Waals surface area contributed by atoms with Gasteiger partial charge < -0.3 is 9.47 Å². The van der Waals surface area contributed by atoms with Gasteiger partial charge in [-0.2, -0.15) is 0 Å². The van der Waals surface area contributed by atoms with Crippen molar-refractivity contribution in [2.24, 2.45) is 0 Å². The third-order valence-electron chi connectivity index (χ3n) is 3.57. The quantitative estimate of drug-likeness (QED) is 0.530. The number of carbonyl (C=O) groups excluding carboxylic acids is 2. The Balaban J connectivity index is 1.69. The van der Waals surface area contributed by atoms with Crippen LogP contribution in [0.3, 0.4) is 0 Å². The van der Waals surface area contributed by atoms with Crippen LogP contribution in [0.4, 0.5) is 0 Å².